The summed E-state index contributed by atoms with van der Waals surface area (Å²) in [6, 6.07) is 6.15. The van der Waals surface area contributed by atoms with Crippen molar-refractivity contribution in [1.82, 2.24) is 15.0 Å². The number of benzene rings is 1. The smallest absolute Gasteiger partial charge is 0.221 e. The molecule has 114 valence electrons. The monoisotopic (exact) mass is 297 g/mol. The largest absolute Gasteiger partial charge is 0.496 e. The molecule has 1 atom stereocenters. The van der Waals surface area contributed by atoms with Gasteiger partial charge in [0.2, 0.25) is 5.95 Å². The predicted octanol–water partition coefficient (Wildman–Crippen LogP) is 2.67. The van der Waals surface area contributed by atoms with Gasteiger partial charge in [0, 0.05) is 34.8 Å². The molecule has 0 saturated heterocycles. The van der Waals surface area contributed by atoms with Crippen LogP contribution in [0.4, 0.5) is 11.8 Å². The molecule has 3 rings (SSSR count). The molecule has 0 aliphatic heterocycles. The third-order valence-electron chi connectivity index (χ3n) is 3.93. The molecule has 6 heteroatoms. The Kier molecular flexibility index (Phi) is 3.58. The second-order valence-corrected chi connectivity index (χ2v) is 5.19. The number of aromatic amines is 1. The van der Waals surface area contributed by atoms with Gasteiger partial charge in [0.05, 0.1) is 7.11 Å². The Balaban J connectivity index is 2.14. The summed E-state index contributed by atoms with van der Waals surface area (Å²) in [6.45, 7) is 2.10. The van der Waals surface area contributed by atoms with Gasteiger partial charge in [-0.25, -0.2) is 4.98 Å². The number of rotatable bonds is 4. The summed E-state index contributed by atoms with van der Waals surface area (Å²) in [6.07, 6.45) is 4.47. The van der Waals surface area contributed by atoms with E-state index in [1.807, 2.05) is 18.3 Å². The second kappa shape index (κ2) is 5.55. The molecule has 6 nitrogen and oxygen atoms in total. The highest BCUT2D eigenvalue weighted by Crippen LogP contribution is 2.36. The normalized spacial score (nSPS) is 12.5. The lowest BCUT2D eigenvalue weighted by Crippen LogP contribution is -2.08. The summed E-state index contributed by atoms with van der Waals surface area (Å²) in [5, 5.41) is 1.06. The number of methoxy groups -OCH3 is 1. The van der Waals surface area contributed by atoms with Crippen LogP contribution < -0.4 is 16.2 Å². The number of fused-ring (bicyclic) bond motifs is 1. The molecule has 3 aromatic rings. The molecule has 2 aromatic heterocycles. The van der Waals surface area contributed by atoms with Crippen molar-refractivity contribution in [1.29, 1.82) is 0 Å². The first-order valence-corrected chi connectivity index (χ1v) is 7.17. The Morgan fingerprint density at radius 1 is 1.32 bits per heavy atom. The average Bonchev–Trinajstić information content (AvgIpc) is 2.97. The quantitative estimate of drug-likeness (QED) is 0.687. The molecule has 0 saturated carbocycles. The number of ether oxygens (including phenoxy) is 1. The summed E-state index contributed by atoms with van der Waals surface area (Å²) < 4.78 is 5.50. The molecule has 1 unspecified atom stereocenters. The van der Waals surface area contributed by atoms with Crippen LogP contribution in [0.3, 0.4) is 0 Å². The van der Waals surface area contributed by atoms with Gasteiger partial charge in [-0.3, -0.25) is 0 Å². The van der Waals surface area contributed by atoms with E-state index in [-0.39, 0.29) is 11.9 Å². The first kappa shape index (κ1) is 14.2. The molecular weight excluding hydrogens is 278 g/mol. The third-order valence-corrected chi connectivity index (χ3v) is 3.93. The minimum atomic E-state index is 0.0854. The predicted molar refractivity (Wildman–Crippen MR) is 87.8 cm³/mol. The molecule has 0 aliphatic rings. The number of H-pyrrole nitrogens is 1. The van der Waals surface area contributed by atoms with E-state index in [0.29, 0.717) is 5.82 Å². The zero-order valence-electron chi connectivity index (χ0n) is 12.6. The van der Waals surface area contributed by atoms with Gasteiger partial charge < -0.3 is 21.2 Å². The molecule has 0 amide bonds. The highest BCUT2D eigenvalue weighted by molar-refractivity contribution is 5.86. The fourth-order valence-electron chi connectivity index (χ4n) is 2.85. The fraction of sp³-hybridized carbons (Fsp3) is 0.250. The third kappa shape index (κ3) is 2.32. The Morgan fingerprint density at radius 2 is 2.14 bits per heavy atom. The maximum absolute atomic E-state index is 6.03. The second-order valence-electron chi connectivity index (χ2n) is 5.19. The molecule has 0 bridgehead atoms. The topological polar surface area (TPSA) is 103 Å². The van der Waals surface area contributed by atoms with E-state index >= 15 is 0 Å². The SMILES string of the molecule is CCC(c1cc(OC)c2cc[nH]c2c1)c1cnc(N)nc1N. The van der Waals surface area contributed by atoms with Crippen LogP contribution in [0.15, 0.2) is 30.6 Å². The number of hydrogen-bond donors (Lipinski definition) is 3. The van der Waals surface area contributed by atoms with Gasteiger partial charge in [-0.05, 0) is 30.2 Å². The van der Waals surface area contributed by atoms with Crippen molar-refractivity contribution < 1.29 is 4.74 Å². The van der Waals surface area contributed by atoms with Crippen molar-refractivity contribution in [3.63, 3.8) is 0 Å². The Morgan fingerprint density at radius 3 is 2.82 bits per heavy atom. The van der Waals surface area contributed by atoms with Crippen LogP contribution in [0.2, 0.25) is 0 Å². The summed E-state index contributed by atoms with van der Waals surface area (Å²) in [7, 11) is 1.67. The molecule has 0 spiro atoms. The Hall–Kier alpha value is -2.76. The number of nitrogens with zero attached hydrogens (tertiary/aromatic N) is 2. The molecule has 5 N–H and O–H groups in total. The lowest BCUT2D eigenvalue weighted by atomic mass is 9.89. The molecule has 22 heavy (non-hydrogen) atoms. The van der Waals surface area contributed by atoms with Gasteiger partial charge in [-0.15, -0.1) is 0 Å². The standard InChI is InChI=1S/C16H19N5O/c1-3-10(12-8-20-16(18)21-15(12)17)9-6-13-11(4-5-19-13)14(7-9)22-2/h4-8,10,19H,3H2,1-2H3,(H4,17,18,20,21). The van der Waals surface area contributed by atoms with Gasteiger partial charge in [-0.2, -0.15) is 4.98 Å². The molecule has 1 aromatic carbocycles. The fourth-order valence-corrected chi connectivity index (χ4v) is 2.85. The van der Waals surface area contributed by atoms with Gasteiger partial charge >= 0.3 is 0 Å². The first-order chi connectivity index (χ1) is 10.6. The lowest BCUT2D eigenvalue weighted by Gasteiger charge is -2.18. The van der Waals surface area contributed by atoms with Crippen LogP contribution in [0.25, 0.3) is 10.9 Å². The minimum Gasteiger partial charge on any atom is -0.496 e. The van der Waals surface area contributed by atoms with E-state index in [4.69, 9.17) is 16.2 Å². The van der Waals surface area contributed by atoms with Gasteiger partial charge in [0.1, 0.15) is 11.6 Å². The van der Waals surface area contributed by atoms with Crippen LogP contribution >= 0.6 is 0 Å². The minimum absolute atomic E-state index is 0.0854. The van der Waals surface area contributed by atoms with Gasteiger partial charge in [-0.1, -0.05) is 6.92 Å². The van der Waals surface area contributed by atoms with E-state index in [1.165, 1.54) is 0 Å². The number of nitrogens with two attached hydrogens (primary N) is 2. The molecular formula is C16H19N5O. The zero-order chi connectivity index (χ0) is 15.7. The molecule has 2 heterocycles. The number of nitrogens with one attached hydrogen (secondary N) is 1. The molecule has 0 fully saturated rings. The van der Waals surface area contributed by atoms with E-state index in [0.717, 1.165) is 34.2 Å². The van der Waals surface area contributed by atoms with Crippen LogP contribution in [0.1, 0.15) is 30.4 Å². The number of nitrogen functional groups attached to an aromatic ring is 2. The van der Waals surface area contributed by atoms with Gasteiger partial charge in [0.25, 0.3) is 0 Å². The zero-order valence-corrected chi connectivity index (χ0v) is 12.6. The number of aromatic nitrogens is 3. The van der Waals surface area contributed by atoms with E-state index in [1.54, 1.807) is 13.3 Å². The average molecular weight is 297 g/mol. The summed E-state index contributed by atoms with van der Waals surface area (Å²) in [4.78, 5) is 11.4. The highest BCUT2D eigenvalue weighted by Gasteiger charge is 2.19. The molecule has 0 radical (unpaired) electrons. The van der Waals surface area contributed by atoms with Crippen molar-refractivity contribution in [2.45, 2.75) is 19.3 Å². The van der Waals surface area contributed by atoms with Crippen molar-refractivity contribution in [2.75, 3.05) is 18.6 Å². The van der Waals surface area contributed by atoms with Crippen LogP contribution in [0.5, 0.6) is 5.75 Å². The Bertz CT molecular complexity index is 811. The van der Waals surface area contributed by atoms with Crippen molar-refractivity contribution in [2.24, 2.45) is 0 Å². The summed E-state index contributed by atoms with van der Waals surface area (Å²) >= 11 is 0. The van der Waals surface area contributed by atoms with E-state index in [2.05, 4.69) is 27.9 Å². The summed E-state index contributed by atoms with van der Waals surface area (Å²) in [5.41, 5.74) is 14.6. The number of hydrogen-bond acceptors (Lipinski definition) is 5. The highest BCUT2D eigenvalue weighted by atomic mass is 16.5. The van der Waals surface area contributed by atoms with Crippen molar-refractivity contribution >= 4 is 22.7 Å². The van der Waals surface area contributed by atoms with Crippen LogP contribution in [0, 0.1) is 0 Å². The molecule has 0 aliphatic carbocycles. The van der Waals surface area contributed by atoms with E-state index < -0.39 is 0 Å². The van der Waals surface area contributed by atoms with Crippen molar-refractivity contribution in [3.05, 3.63) is 41.7 Å². The lowest BCUT2D eigenvalue weighted by molar-refractivity contribution is 0.419. The van der Waals surface area contributed by atoms with E-state index in [9.17, 15) is 0 Å². The maximum Gasteiger partial charge on any atom is 0.221 e. The maximum atomic E-state index is 6.03. The van der Waals surface area contributed by atoms with Crippen LogP contribution in [-0.2, 0) is 0 Å². The van der Waals surface area contributed by atoms with Crippen LogP contribution in [-0.4, -0.2) is 22.1 Å². The first-order valence-electron chi connectivity index (χ1n) is 7.17. The Labute approximate surface area is 128 Å². The summed E-state index contributed by atoms with van der Waals surface area (Å²) in [5.74, 6) is 1.53. The van der Waals surface area contributed by atoms with Gasteiger partial charge in [0.15, 0.2) is 0 Å². The number of anilines is 2. The van der Waals surface area contributed by atoms with Crippen molar-refractivity contribution in [3.8, 4) is 5.75 Å².